The Hall–Kier alpha value is -0.253. The quantitative estimate of drug-likeness (QED) is 0.185. The van der Waals surface area contributed by atoms with E-state index in [4.69, 9.17) is 13.3 Å². The fourth-order valence-corrected chi connectivity index (χ4v) is 9.63. The van der Waals surface area contributed by atoms with Gasteiger partial charge < -0.3 is 14.3 Å². The largest absolute Gasteiger partial charge is 0.414 e. The van der Waals surface area contributed by atoms with E-state index in [2.05, 4.69) is 54.6 Å². The predicted molar refractivity (Wildman–Crippen MR) is 153 cm³/mol. The number of ether oxygens (including phenoxy) is 1. The maximum Gasteiger partial charge on any atom is 0.274 e. The molecule has 37 heavy (non-hydrogen) atoms. The zero-order valence-electron chi connectivity index (χ0n) is 24.8. The number of aliphatic hydroxyl groups is 1. The van der Waals surface area contributed by atoms with Crippen LogP contribution in [-0.4, -0.2) is 57.6 Å². The summed E-state index contributed by atoms with van der Waals surface area (Å²) in [7, 11) is -5.66. The maximum absolute atomic E-state index is 13.2. The van der Waals surface area contributed by atoms with Crippen LogP contribution in [0, 0.1) is 17.8 Å². The standard InChI is InChI=1S/C29H54O6SSi/c1-10-13-22(35-37(8,9)29(5,6)7)17-21-14-15-26(33-21)23(12-3)28-19(4)24-16-20(11-2)25(30)18-27(24)36(31,32)34-28/h16,19-23,25-28,30H,10-15,17-18H2,1-9H3/t19-,20+,21+,22+,23-,25-,26-,27+,28-/m1/s1. The fourth-order valence-electron chi connectivity index (χ4n) is 6.41. The maximum atomic E-state index is 13.2. The Bertz CT molecular complexity index is 895. The van der Waals surface area contributed by atoms with Crippen molar-refractivity contribution in [2.24, 2.45) is 17.8 Å². The van der Waals surface area contributed by atoms with Crippen LogP contribution in [0.4, 0.5) is 0 Å². The summed E-state index contributed by atoms with van der Waals surface area (Å²) in [4.78, 5) is 0. The van der Waals surface area contributed by atoms with Crippen molar-refractivity contribution in [3.63, 3.8) is 0 Å². The molecule has 0 unspecified atom stereocenters. The van der Waals surface area contributed by atoms with Gasteiger partial charge in [0.15, 0.2) is 8.32 Å². The Morgan fingerprint density at radius 1 is 1.19 bits per heavy atom. The van der Waals surface area contributed by atoms with E-state index in [-0.39, 0.29) is 47.5 Å². The van der Waals surface area contributed by atoms with Gasteiger partial charge in [0, 0.05) is 23.9 Å². The second kappa shape index (κ2) is 12.1. The summed E-state index contributed by atoms with van der Waals surface area (Å²) in [5.74, 6) is -0.00171. The number of rotatable bonds is 10. The van der Waals surface area contributed by atoms with E-state index in [9.17, 15) is 13.5 Å². The van der Waals surface area contributed by atoms with Gasteiger partial charge in [0.05, 0.1) is 24.4 Å². The Morgan fingerprint density at radius 3 is 2.43 bits per heavy atom. The van der Waals surface area contributed by atoms with Crippen molar-refractivity contribution >= 4 is 18.4 Å². The SMILES string of the molecule is CCC[C@@H](C[C@@H]1CC[C@H]([C@@H](CC)[C@@H]2OS(=O)(=O)[C@H]3C[C@@H](O)[C@@H](CC)C=C3[C@H]2C)O1)O[Si](C)(C)C(C)(C)C. The van der Waals surface area contributed by atoms with Crippen LogP contribution in [0.15, 0.2) is 11.6 Å². The molecule has 0 aromatic carbocycles. The molecule has 2 fully saturated rings. The highest BCUT2D eigenvalue weighted by molar-refractivity contribution is 7.87. The summed E-state index contributed by atoms with van der Waals surface area (Å²) in [5.41, 5.74) is 0.937. The molecule has 0 radical (unpaired) electrons. The third-order valence-corrected chi connectivity index (χ3v) is 15.9. The van der Waals surface area contributed by atoms with E-state index in [1.165, 1.54) is 0 Å². The average molecular weight is 559 g/mol. The summed E-state index contributed by atoms with van der Waals surface area (Å²) in [6, 6.07) is 0. The first-order valence-corrected chi connectivity index (χ1v) is 19.2. The number of hydrogen-bond donors (Lipinski definition) is 1. The Balaban J connectivity index is 1.73. The van der Waals surface area contributed by atoms with E-state index in [0.29, 0.717) is 0 Å². The molecule has 0 saturated carbocycles. The minimum Gasteiger partial charge on any atom is -0.414 e. The summed E-state index contributed by atoms with van der Waals surface area (Å²) in [6.07, 6.45) is 8.06. The van der Waals surface area contributed by atoms with E-state index < -0.39 is 35.9 Å². The van der Waals surface area contributed by atoms with Gasteiger partial charge in [-0.3, -0.25) is 4.18 Å². The fraction of sp³-hybridized carbons (Fsp3) is 0.931. The average Bonchev–Trinajstić information content (AvgIpc) is 3.24. The van der Waals surface area contributed by atoms with Gasteiger partial charge >= 0.3 is 0 Å². The van der Waals surface area contributed by atoms with Gasteiger partial charge in [0.2, 0.25) is 0 Å². The molecular formula is C29H54O6SSi. The van der Waals surface area contributed by atoms with Gasteiger partial charge in [0.25, 0.3) is 10.1 Å². The molecule has 3 aliphatic rings. The Kier molecular flexibility index (Phi) is 10.2. The van der Waals surface area contributed by atoms with E-state index >= 15 is 0 Å². The molecule has 2 heterocycles. The summed E-state index contributed by atoms with van der Waals surface area (Å²) < 4.78 is 45.8. The van der Waals surface area contributed by atoms with E-state index in [0.717, 1.165) is 50.5 Å². The summed E-state index contributed by atoms with van der Waals surface area (Å²) in [6.45, 7) is 20.0. The lowest BCUT2D eigenvalue weighted by Crippen LogP contribution is -2.51. The molecular weight excluding hydrogens is 504 g/mol. The van der Waals surface area contributed by atoms with Crippen LogP contribution in [0.2, 0.25) is 18.1 Å². The Labute approximate surface area is 228 Å². The van der Waals surface area contributed by atoms with Gasteiger partial charge in [-0.15, -0.1) is 0 Å². The third-order valence-electron chi connectivity index (χ3n) is 9.73. The number of fused-ring (bicyclic) bond motifs is 1. The van der Waals surface area contributed by atoms with Gasteiger partial charge in [-0.25, -0.2) is 0 Å². The highest BCUT2D eigenvalue weighted by Gasteiger charge is 2.51. The molecule has 9 atom stereocenters. The van der Waals surface area contributed by atoms with Gasteiger partial charge in [-0.1, -0.05) is 61.0 Å². The normalized spacial score (nSPS) is 36.1. The molecule has 0 aromatic rings. The second-order valence-corrected chi connectivity index (χ2v) is 19.8. The molecule has 0 spiro atoms. The van der Waals surface area contributed by atoms with E-state index in [1.807, 2.05) is 13.0 Å². The lowest BCUT2D eigenvalue weighted by Gasteiger charge is -2.44. The minimum atomic E-state index is -3.79. The van der Waals surface area contributed by atoms with Crippen molar-refractivity contribution in [1.29, 1.82) is 0 Å². The first-order valence-electron chi connectivity index (χ1n) is 14.8. The smallest absolute Gasteiger partial charge is 0.274 e. The molecule has 2 aliphatic heterocycles. The van der Waals surface area contributed by atoms with Gasteiger partial charge in [-0.05, 0) is 68.7 Å². The highest BCUT2D eigenvalue weighted by Crippen LogP contribution is 2.46. The lowest BCUT2D eigenvalue weighted by molar-refractivity contribution is -0.0511. The lowest BCUT2D eigenvalue weighted by atomic mass is 9.75. The highest BCUT2D eigenvalue weighted by atomic mass is 32.2. The van der Waals surface area contributed by atoms with Crippen molar-refractivity contribution < 1.29 is 26.9 Å². The van der Waals surface area contributed by atoms with Crippen molar-refractivity contribution in [2.45, 2.75) is 154 Å². The zero-order chi connectivity index (χ0) is 27.8. The molecule has 8 heteroatoms. The number of aliphatic hydroxyl groups excluding tert-OH is 1. The van der Waals surface area contributed by atoms with Gasteiger partial charge in [-0.2, -0.15) is 8.42 Å². The molecule has 0 bridgehead atoms. The van der Waals surface area contributed by atoms with Crippen molar-refractivity contribution in [2.75, 3.05) is 0 Å². The first-order chi connectivity index (χ1) is 17.1. The molecule has 6 nitrogen and oxygen atoms in total. The third kappa shape index (κ3) is 6.91. The van der Waals surface area contributed by atoms with Crippen molar-refractivity contribution in [3.8, 4) is 0 Å². The van der Waals surface area contributed by atoms with Crippen molar-refractivity contribution in [3.05, 3.63) is 11.6 Å². The Morgan fingerprint density at radius 2 is 1.86 bits per heavy atom. The predicted octanol–water partition coefficient (Wildman–Crippen LogP) is 6.59. The molecule has 216 valence electrons. The summed E-state index contributed by atoms with van der Waals surface area (Å²) >= 11 is 0. The topological polar surface area (TPSA) is 82.1 Å². The van der Waals surface area contributed by atoms with Crippen molar-refractivity contribution in [1.82, 2.24) is 0 Å². The first kappa shape index (κ1) is 31.3. The van der Waals surface area contributed by atoms with Crippen LogP contribution in [0.3, 0.4) is 0 Å². The van der Waals surface area contributed by atoms with Crippen LogP contribution >= 0.6 is 0 Å². The number of hydrogen-bond acceptors (Lipinski definition) is 6. The second-order valence-electron chi connectivity index (χ2n) is 13.3. The van der Waals surface area contributed by atoms with Crippen LogP contribution in [-0.2, 0) is 23.5 Å². The molecule has 0 aromatic heterocycles. The molecule has 1 aliphatic carbocycles. The van der Waals surface area contributed by atoms with Crippen LogP contribution in [0.25, 0.3) is 0 Å². The molecule has 0 amide bonds. The minimum absolute atomic E-state index is 0.00577. The van der Waals surface area contributed by atoms with E-state index in [1.54, 1.807) is 0 Å². The van der Waals surface area contributed by atoms with Crippen LogP contribution in [0.1, 0.15) is 99.8 Å². The molecule has 2 saturated heterocycles. The molecule has 3 rings (SSSR count). The monoisotopic (exact) mass is 558 g/mol. The van der Waals surface area contributed by atoms with Crippen LogP contribution in [0.5, 0.6) is 0 Å². The van der Waals surface area contributed by atoms with Gasteiger partial charge in [0.1, 0.15) is 5.25 Å². The molecule has 1 N–H and O–H groups in total. The summed E-state index contributed by atoms with van der Waals surface area (Å²) in [5, 5.41) is 9.92. The zero-order valence-corrected chi connectivity index (χ0v) is 26.6. The van der Waals surface area contributed by atoms with Crippen LogP contribution < -0.4 is 0 Å².